The van der Waals surface area contributed by atoms with Crippen molar-refractivity contribution in [2.45, 2.75) is 19.1 Å². The second-order valence-corrected chi connectivity index (χ2v) is 4.41. The summed E-state index contributed by atoms with van der Waals surface area (Å²) in [7, 11) is 1.57. The number of hydrogen-bond donors (Lipinski definition) is 2. The van der Waals surface area contributed by atoms with Crippen LogP contribution in [0, 0.1) is 17.1 Å². The molecule has 0 amide bonds. The SMILES string of the molecule is COCC(C)OCC(O)CNc1cccc(F)c1C#N. The maximum Gasteiger partial charge on any atom is 0.143 e. The summed E-state index contributed by atoms with van der Waals surface area (Å²) in [6, 6.07) is 6.09. The highest BCUT2D eigenvalue weighted by Crippen LogP contribution is 2.17. The van der Waals surface area contributed by atoms with Crippen LogP contribution in [-0.4, -0.2) is 44.2 Å². The zero-order valence-corrected chi connectivity index (χ0v) is 11.6. The molecule has 0 spiro atoms. The Balaban J connectivity index is 2.44. The Labute approximate surface area is 117 Å². The van der Waals surface area contributed by atoms with Gasteiger partial charge in [-0.2, -0.15) is 5.26 Å². The van der Waals surface area contributed by atoms with Gasteiger partial charge in [-0.05, 0) is 19.1 Å². The fourth-order valence-electron chi connectivity index (χ4n) is 1.63. The number of anilines is 1. The maximum absolute atomic E-state index is 13.3. The number of hydrogen-bond acceptors (Lipinski definition) is 5. The van der Waals surface area contributed by atoms with E-state index in [0.29, 0.717) is 12.3 Å². The van der Waals surface area contributed by atoms with E-state index < -0.39 is 11.9 Å². The van der Waals surface area contributed by atoms with Crippen LogP contribution < -0.4 is 5.32 Å². The molecule has 1 aromatic rings. The van der Waals surface area contributed by atoms with Gasteiger partial charge in [0.15, 0.2) is 0 Å². The number of methoxy groups -OCH3 is 1. The molecule has 0 aliphatic heterocycles. The van der Waals surface area contributed by atoms with Crippen molar-refractivity contribution in [3.63, 3.8) is 0 Å². The molecule has 0 heterocycles. The van der Waals surface area contributed by atoms with E-state index in [1.165, 1.54) is 12.1 Å². The minimum atomic E-state index is -0.760. The lowest BCUT2D eigenvalue weighted by atomic mass is 10.2. The van der Waals surface area contributed by atoms with Gasteiger partial charge in [0.05, 0.1) is 31.1 Å². The third kappa shape index (κ3) is 5.13. The summed E-state index contributed by atoms with van der Waals surface area (Å²) in [5.74, 6) is -0.586. The first-order valence-electron chi connectivity index (χ1n) is 6.29. The second kappa shape index (κ2) is 8.48. The molecule has 1 rings (SSSR count). The van der Waals surface area contributed by atoms with Crippen LogP contribution >= 0.6 is 0 Å². The molecule has 0 aliphatic rings. The highest BCUT2D eigenvalue weighted by atomic mass is 19.1. The highest BCUT2D eigenvalue weighted by Gasteiger charge is 2.11. The zero-order valence-electron chi connectivity index (χ0n) is 11.6. The first-order chi connectivity index (χ1) is 9.58. The zero-order chi connectivity index (χ0) is 15.0. The molecule has 0 fully saturated rings. The van der Waals surface area contributed by atoms with Gasteiger partial charge in [0.2, 0.25) is 0 Å². The number of aliphatic hydroxyl groups is 1. The topological polar surface area (TPSA) is 74.5 Å². The molecule has 0 radical (unpaired) electrons. The van der Waals surface area contributed by atoms with E-state index in [0.717, 1.165) is 0 Å². The Hall–Kier alpha value is -1.68. The van der Waals surface area contributed by atoms with Crippen molar-refractivity contribution in [2.24, 2.45) is 0 Å². The van der Waals surface area contributed by atoms with Gasteiger partial charge >= 0.3 is 0 Å². The Bertz CT molecular complexity index is 462. The van der Waals surface area contributed by atoms with E-state index >= 15 is 0 Å². The molecule has 5 nitrogen and oxygen atoms in total. The number of halogens is 1. The van der Waals surface area contributed by atoms with E-state index in [1.807, 2.05) is 6.92 Å². The average molecular weight is 282 g/mol. The molecular formula is C14H19FN2O3. The van der Waals surface area contributed by atoms with E-state index in [2.05, 4.69) is 5.32 Å². The molecule has 0 bridgehead atoms. The lowest BCUT2D eigenvalue weighted by Crippen LogP contribution is -2.28. The molecule has 0 aromatic heterocycles. The van der Waals surface area contributed by atoms with Crippen molar-refractivity contribution >= 4 is 5.69 Å². The maximum atomic E-state index is 13.3. The molecule has 1 aromatic carbocycles. The van der Waals surface area contributed by atoms with E-state index in [-0.39, 0.29) is 24.8 Å². The fourth-order valence-corrected chi connectivity index (χ4v) is 1.63. The summed E-state index contributed by atoms with van der Waals surface area (Å²) >= 11 is 0. The molecular weight excluding hydrogens is 263 g/mol. The third-order valence-corrected chi connectivity index (χ3v) is 2.63. The molecule has 0 aliphatic carbocycles. The van der Waals surface area contributed by atoms with Gasteiger partial charge in [0.1, 0.15) is 17.4 Å². The standard InChI is InChI=1S/C14H19FN2O3/c1-10(8-19-2)20-9-11(18)7-17-14-5-3-4-13(15)12(14)6-16/h3-5,10-11,17-18H,7-9H2,1-2H3. The van der Waals surface area contributed by atoms with Crippen LogP contribution in [-0.2, 0) is 9.47 Å². The van der Waals surface area contributed by atoms with Gasteiger partial charge < -0.3 is 19.9 Å². The van der Waals surface area contributed by atoms with Crippen molar-refractivity contribution in [3.8, 4) is 6.07 Å². The predicted molar refractivity (Wildman–Crippen MR) is 72.9 cm³/mol. The van der Waals surface area contributed by atoms with Gasteiger partial charge in [0, 0.05) is 13.7 Å². The van der Waals surface area contributed by atoms with Crippen LogP contribution in [0.25, 0.3) is 0 Å². The molecule has 0 saturated carbocycles. The monoisotopic (exact) mass is 282 g/mol. The number of aliphatic hydroxyl groups excluding tert-OH is 1. The quantitative estimate of drug-likeness (QED) is 0.756. The van der Waals surface area contributed by atoms with Crippen LogP contribution in [0.1, 0.15) is 12.5 Å². The first kappa shape index (κ1) is 16.4. The lowest BCUT2D eigenvalue weighted by molar-refractivity contribution is -0.0282. The third-order valence-electron chi connectivity index (χ3n) is 2.63. The molecule has 0 saturated heterocycles. The van der Waals surface area contributed by atoms with E-state index in [1.54, 1.807) is 19.2 Å². The number of nitrogens with zero attached hydrogens (tertiary/aromatic N) is 1. The summed E-state index contributed by atoms with van der Waals surface area (Å²) in [6.45, 7) is 2.58. The summed E-state index contributed by atoms with van der Waals surface area (Å²) in [5.41, 5.74) is 0.296. The van der Waals surface area contributed by atoms with Crippen molar-refractivity contribution in [1.29, 1.82) is 5.26 Å². The number of rotatable bonds is 8. The molecule has 2 N–H and O–H groups in total. The minimum Gasteiger partial charge on any atom is -0.389 e. The minimum absolute atomic E-state index is 0.0617. The molecule has 110 valence electrons. The van der Waals surface area contributed by atoms with Crippen LogP contribution in [0.15, 0.2) is 18.2 Å². The highest BCUT2D eigenvalue weighted by molar-refractivity contribution is 5.57. The Kier molecular flexibility index (Phi) is 6.94. The molecule has 2 unspecified atom stereocenters. The smallest absolute Gasteiger partial charge is 0.143 e. The molecule has 6 heteroatoms. The van der Waals surface area contributed by atoms with Crippen LogP contribution in [0.5, 0.6) is 0 Å². The summed E-state index contributed by atoms with van der Waals surface area (Å²) < 4.78 is 23.6. The summed E-state index contributed by atoms with van der Waals surface area (Å²) in [5, 5.41) is 21.5. The first-order valence-corrected chi connectivity index (χ1v) is 6.29. The van der Waals surface area contributed by atoms with E-state index in [9.17, 15) is 9.50 Å². The predicted octanol–water partition coefficient (Wildman–Crippen LogP) is 1.52. The van der Waals surface area contributed by atoms with Crippen LogP contribution in [0.2, 0.25) is 0 Å². The van der Waals surface area contributed by atoms with Crippen molar-refractivity contribution in [1.82, 2.24) is 0 Å². The Morgan fingerprint density at radius 1 is 1.45 bits per heavy atom. The van der Waals surface area contributed by atoms with Gasteiger partial charge in [0.25, 0.3) is 0 Å². The van der Waals surface area contributed by atoms with Crippen molar-refractivity contribution in [2.75, 3.05) is 32.2 Å². The molecule has 20 heavy (non-hydrogen) atoms. The molecule has 2 atom stereocenters. The number of nitriles is 1. The number of benzene rings is 1. The normalized spacial score (nSPS) is 13.6. The van der Waals surface area contributed by atoms with Gasteiger partial charge in [-0.25, -0.2) is 4.39 Å². The second-order valence-electron chi connectivity index (χ2n) is 4.41. The average Bonchev–Trinajstić information content (AvgIpc) is 2.43. The van der Waals surface area contributed by atoms with Gasteiger partial charge in [-0.1, -0.05) is 6.07 Å². The van der Waals surface area contributed by atoms with Crippen LogP contribution in [0.3, 0.4) is 0 Å². The van der Waals surface area contributed by atoms with Crippen LogP contribution in [0.4, 0.5) is 10.1 Å². The number of nitrogens with one attached hydrogen (secondary N) is 1. The lowest BCUT2D eigenvalue weighted by Gasteiger charge is -2.17. The fraction of sp³-hybridized carbons (Fsp3) is 0.500. The Morgan fingerprint density at radius 2 is 2.20 bits per heavy atom. The van der Waals surface area contributed by atoms with Crippen molar-refractivity contribution in [3.05, 3.63) is 29.6 Å². The summed E-state index contributed by atoms with van der Waals surface area (Å²) in [6.07, 6.45) is -0.873. The largest absolute Gasteiger partial charge is 0.389 e. The number of ether oxygens (including phenoxy) is 2. The Morgan fingerprint density at radius 3 is 2.85 bits per heavy atom. The van der Waals surface area contributed by atoms with Gasteiger partial charge in [-0.3, -0.25) is 0 Å². The van der Waals surface area contributed by atoms with E-state index in [4.69, 9.17) is 14.7 Å². The summed E-state index contributed by atoms with van der Waals surface area (Å²) in [4.78, 5) is 0. The van der Waals surface area contributed by atoms with Crippen molar-refractivity contribution < 1.29 is 19.0 Å². The van der Waals surface area contributed by atoms with Gasteiger partial charge in [-0.15, -0.1) is 0 Å².